The van der Waals surface area contributed by atoms with E-state index in [9.17, 15) is 9.90 Å². The second kappa shape index (κ2) is 6.50. The van der Waals surface area contributed by atoms with Crippen molar-refractivity contribution in [2.45, 2.75) is 0 Å². The minimum Gasteiger partial charge on any atom is -0.478 e. The molecule has 0 aliphatic rings. The van der Waals surface area contributed by atoms with Gasteiger partial charge in [0.1, 0.15) is 11.4 Å². The maximum absolute atomic E-state index is 11.9. The lowest BCUT2D eigenvalue weighted by Gasteiger charge is -2.19. The molecule has 3 aromatic rings. The number of aromatic nitrogens is 2. The number of carboxylic acids is 1. The van der Waals surface area contributed by atoms with Gasteiger partial charge in [-0.15, -0.1) is 0 Å². The molecule has 120 valence electrons. The number of hydrogen-bond acceptors (Lipinski definition) is 4. The minimum absolute atomic E-state index is 0.198. The molecule has 0 bridgehead atoms. The van der Waals surface area contributed by atoms with E-state index < -0.39 is 5.97 Å². The lowest BCUT2D eigenvalue weighted by molar-refractivity contribution is 0.0698. The van der Waals surface area contributed by atoms with E-state index in [0.717, 1.165) is 11.1 Å². The van der Waals surface area contributed by atoms with Gasteiger partial charge in [0.2, 0.25) is 0 Å². The Morgan fingerprint density at radius 2 is 1.67 bits per heavy atom. The highest BCUT2D eigenvalue weighted by molar-refractivity contribution is 6.02. The van der Waals surface area contributed by atoms with Crippen molar-refractivity contribution in [3.05, 3.63) is 66.5 Å². The van der Waals surface area contributed by atoms with Gasteiger partial charge in [-0.1, -0.05) is 30.3 Å². The summed E-state index contributed by atoms with van der Waals surface area (Å²) >= 11 is 0. The number of carboxylic acid groups (broad SMARTS) is 1. The van der Waals surface area contributed by atoms with Crippen LogP contribution in [0.3, 0.4) is 0 Å². The van der Waals surface area contributed by atoms with Gasteiger partial charge in [0.15, 0.2) is 0 Å². The first-order valence-corrected chi connectivity index (χ1v) is 7.49. The number of anilines is 1. The van der Waals surface area contributed by atoms with Crippen LogP contribution in [0.5, 0.6) is 0 Å². The Morgan fingerprint density at radius 3 is 2.25 bits per heavy atom. The predicted molar refractivity (Wildman–Crippen MR) is 94.2 cm³/mol. The van der Waals surface area contributed by atoms with E-state index in [1.54, 1.807) is 31.4 Å². The van der Waals surface area contributed by atoms with Crippen LogP contribution in [0.25, 0.3) is 22.4 Å². The van der Waals surface area contributed by atoms with Crippen LogP contribution in [0.4, 0.5) is 5.82 Å². The lowest BCUT2D eigenvalue weighted by atomic mass is 9.98. The molecule has 3 rings (SSSR count). The Bertz CT molecular complexity index is 863. The van der Waals surface area contributed by atoms with E-state index in [4.69, 9.17) is 0 Å². The van der Waals surface area contributed by atoms with Crippen molar-refractivity contribution in [1.29, 1.82) is 0 Å². The zero-order chi connectivity index (χ0) is 17.1. The van der Waals surface area contributed by atoms with Gasteiger partial charge in [-0.2, -0.15) is 0 Å². The summed E-state index contributed by atoms with van der Waals surface area (Å²) in [4.78, 5) is 22.2. The van der Waals surface area contributed by atoms with Gasteiger partial charge < -0.3 is 10.0 Å². The molecule has 2 aromatic heterocycles. The Morgan fingerprint density at radius 1 is 1.00 bits per heavy atom. The number of benzene rings is 1. The monoisotopic (exact) mass is 319 g/mol. The van der Waals surface area contributed by atoms with Crippen molar-refractivity contribution in [3.8, 4) is 22.4 Å². The second-order valence-electron chi connectivity index (χ2n) is 5.56. The van der Waals surface area contributed by atoms with Crippen LogP contribution in [0.1, 0.15) is 10.4 Å². The molecule has 0 aliphatic carbocycles. The highest BCUT2D eigenvalue weighted by Gasteiger charge is 2.21. The van der Waals surface area contributed by atoms with Gasteiger partial charge >= 0.3 is 5.97 Å². The van der Waals surface area contributed by atoms with E-state index in [0.29, 0.717) is 17.1 Å². The highest BCUT2D eigenvalue weighted by Crippen LogP contribution is 2.33. The van der Waals surface area contributed by atoms with E-state index in [-0.39, 0.29) is 5.56 Å². The van der Waals surface area contributed by atoms with Gasteiger partial charge in [-0.3, -0.25) is 4.98 Å². The van der Waals surface area contributed by atoms with Crippen molar-refractivity contribution in [3.63, 3.8) is 0 Å². The third-order valence-corrected chi connectivity index (χ3v) is 3.70. The van der Waals surface area contributed by atoms with E-state index in [1.165, 1.54) is 0 Å². The molecule has 1 aromatic carbocycles. The third kappa shape index (κ3) is 2.96. The predicted octanol–water partition coefficient (Wildman–Crippen LogP) is 3.57. The van der Waals surface area contributed by atoms with E-state index in [2.05, 4.69) is 9.97 Å². The van der Waals surface area contributed by atoms with Crippen LogP contribution >= 0.6 is 0 Å². The summed E-state index contributed by atoms with van der Waals surface area (Å²) in [6.07, 6.45) is 3.39. The Labute approximate surface area is 140 Å². The summed E-state index contributed by atoms with van der Waals surface area (Å²) in [6, 6.07) is 15.0. The maximum atomic E-state index is 11.9. The van der Waals surface area contributed by atoms with Crippen LogP contribution in [0.2, 0.25) is 0 Å². The Balaban J connectivity index is 2.32. The summed E-state index contributed by atoms with van der Waals surface area (Å²) in [5.41, 5.74) is 3.29. The minimum atomic E-state index is -0.994. The third-order valence-electron chi connectivity index (χ3n) is 3.70. The molecule has 0 spiro atoms. The first-order valence-electron chi connectivity index (χ1n) is 7.49. The summed E-state index contributed by atoms with van der Waals surface area (Å²) in [5.74, 6) is -0.568. The van der Waals surface area contributed by atoms with Crippen molar-refractivity contribution in [2.75, 3.05) is 19.0 Å². The van der Waals surface area contributed by atoms with Crippen LogP contribution in [0, 0.1) is 0 Å². The molecule has 0 unspecified atom stereocenters. The van der Waals surface area contributed by atoms with Crippen molar-refractivity contribution < 1.29 is 9.90 Å². The quantitative estimate of drug-likeness (QED) is 0.796. The van der Waals surface area contributed by atoms with Gasteiger partial charge in [-0.05, 0) is 23.8 Å². The van der Waals surface area contributed by atoms with Crippen molar-refractivity contribution >= 4 is 11.8 Å². The number of nitrogens with zero attached hydrogens (tertiary/aromatic N) is 3. The molecule has 24 heavy (non-hydrogen) atoms. The normalized spacial score (nSPS) is 10.4. The number of aromatic carboxylic acids is 1. The molecule has 0 saturated carbocycles. The molecule has 0 fully saturated rings. The number of rotatable bonds is 4. The summed E-state index contributed by atoms with van der Waals surface area (Å²) in [6.45, 7) is 0. The van der Waals surface area contributed by atoms with Crippen LogP contribution < -0.4 is 4.90 Å². The van der Waals surface area contributed by atoms with Gasteiger partial charge in [0, 0.05) is 37.6 Å². The molecule has 5 nitrogen and oxygen atoms in total. The standard InChI is InChI=1S/C19H17N3O2/c1-22(2)18-17(19(23)24)15(13-6-4-3-5-7-13)12-16(21-18)14-8-10-20-11-9-14/h3-12H,1-2H3,(H,23,24). The molecule has 0 aliphatic heterocycles. The molecular formula is C19H17N3O2. The fourth-order valence-electron chi connectivity index (χ4n) is 2.58. The zero-order valence-corrected chi connectivity index (χ0v) is 13.5. The molecular weight excluding hydrogens is 302 g/mol. The first-order chi connectivity index (χ1) is 11.6. The smallest absolute Gasteiger partial charge is 0.340 e. The summed E-state index contributed by atoms with van der Waals surface area (Å²) < 4.78 is 0. The fourth-order valence-corrected chi connectivity index (χ4v) is 2.58. The first kappa shape index (κ1) is 15.7. The molecule has 1 N–H and O–H groups in total. The Hall–Kier alpha value is -3.21. The van der Waals surface area contributed by atoms with Crippen LogP contribution in [-0.2, 0) is 0 Å². The summed E-state index contributed by atoms with van der Waals surface area (Å²) in [7, 11) is 3.58. The maximum Gasteiger partial charge on any atom is 0.340 e. The van der Waals surface area contributed by atoms with Gasteiger partial charge in [0.05, 0.1) is 5.69 Å². The Kier molecular flexibility index (Phi) is 4.24. The number of pyridine rings is 2. The largest absolute Gasteiger partial charge is 0.478 e. The molecule has 0 radical (unpaired) electrons. The van der Waals surface area contributed by atoms with Crippen molar-refractivity contribution in [1.82, 2.24) is 9.97 Å². The molecule has 2 heterocycles. The average molecular weight is 319 g/mol. The molecule has 0 amide bonds. The van der Waals surface area contributed by atoms with Gasteiger partial charge in [0.25, 0.3) is 0 Å². The lowest BCUT2D eigenvalue weighted by Crippen LogP contribution is -2.17. The summed E-state index contributed by atoms with van der Waals surface area (Å²) in [5, 5.41) is 9.74. The van der Waals surface area contributed by atoms with Gasteiger partial charge in [-0.25, -0.2) is 9.78 Å². The molecule has 5 heteroatoms. The number of hydrogen-bond donors (Lipinski definition) is 1. The average Bonchev–Trinajstić information content (AvgIpc) is 2.62. The highest BCUT2D eigenvalue weighted by atomic mass is 16.4. The van der Waals surface area contributed by atoms with Crippen LogP contribution in [-0.4, -0.2) is 35.1 Å². The topological polar surface area (TPSA) is 66.3 Å². The van der Waals surface area contributed by atoms with E-state index >= 15 is 0 Å². The second-order valence-corrected chi connectivity index (χ2v) is 5.56. The molecule has 0 atom stereocenters. The van der Waals surface area contributed by atoms with Crippen molar-refractivity contribution in [2.24, 2.45) is 0 Å². The van der Waals surface area contributed by atoms with Crippen LogP contribution in [0.15, 0.2) is 60.9 Å². The molecule has 0 saturated heterocycles. The van der Waals surface area contributed by atoms with E-state index in [1.807, 2.05) is 48.5 Å². The fraction of sp³-hybridized carbons (Fsp3) is 0.105. The SMILES string of the molecule is CN(C)c1nc(-c2ccncc2)cc(-c2ccccc2)c1C(=O)O. The number of carbonyl (C=O) groups is 1. The zero-order valence-electron chi connectivity index (χ0n) is 13.5.